The minimum atomic E-state index is -1.38. The average Bonchev–Trinajstić information content (AvgIpc) is 4.11. The summed E-state index contributed by atoms with van der Waals surface area (Å²) in [6.45, 7) is 3.62. The van der Waals surface area contributed by atoms with Gasteiger partial charge in [0, 0.05) is 23.7 Å². The van der Waals surface area contributed by atoms with E-state index in [0.29, 0.717) is 11.4 Å². The van der Waals surface area contributed by atoms with Crippen LogP contribution in [0, 0.1) is 52.9 Å². The molecule has 2 aliphatic rings. The Balaban J connectivity index is 0.000000214. The zero-order valence-electron chi connectivity index (χ0n) is 31.3. The van der Waals surface area contributed by atoms with E-state index in [0.717, 1.165) is 48.9 Å². The van der Waals surface area contributed by atoms with E-state index in [1.54, 1.807) is 9.13 Å². The van der Waals surface area contributed by atoms with Crippen LogP contribution in [-0.4, -0.2) is 58.6 Å². The molecule has 1 unspecified atom stereocenters. The number of rotatable bonds is 10. The third kappa shape index (κ3) is 10.1. The number of nitrogens with zero attached hydrogens (tertiary/aromatic N) is 6. The van der Waals surface area contributed by atoms with Crippen LogP contribution in [0.4, 0.5) is 17.6 Å². The molecule has 0 spiro atoms. The number of imidazole rings is 2. The summed E-state index contributed by atoms with van der Waals surface area (Å²) >= 11 is 0. The maximum absolute atomic E-state index is 14.4. The Morgan fingerprint density at radius 1 is 0.759 bits per heavy atom. The first kappa shape index (κ1) is 45.4. The molecule has 8 nitrogen and oxygen atoms in total. The van der Waals surface area contributed by atoms with E-state index < -0.39 is 34.3 Å². The van der Waals surface area contributed by atoms with Crippen molar-refractivity contribution < 1.29 is 44.4 Å². The van der Waals surface area contributed by atoms with E-state index in [1.807, 2.05) is 66.7 Å². The van der Waals surface area contributed by atoms with Crippen molar-refractivity contribution in [2.24, 2.45) is 0 Å². The maximum atomic E-state index is 14.4. The van der Waals surface area contributed by atoms with E-state index in [-0.39, 0.29) is 81.9 Å². The summed E-state index contributed by atoms with van der Waals surface area (Å²) < 4.78 is 55.3. The van der Waals surface area contributed by atoms with Gasteiger partial charge in [0.1, 0.15) is 41.0 Å². The minimum absolute atomic E-state index is 0. The Morgan fingerprint density at radius 3 is 1.78 bits per heavy atom. The number of aromatic nitrogens is 4. The quantitative estimate of drug-likeness (QED) is 0.123. The number of Topliss-reactive ketones (excluding diaryl/α,β-unsaturated/α-hetero) is 1. The predicted molar refractivity (Wildman–Crippen MR) is 205 cm³/mol. The summed E-state index contributed by atoms with van der Waals surface area (Å²) in [6, 6.07) is 30.3. The van der Waals surface area contributed by atoms with Crippen LogP contribution in [0.5, 0.6) is 0 Å². The number of carbonyl (C=O) groups excluding carboxylic acids is 1. The summed E-state index contributed by atoms with van der Waals surface area (Å²) in [6.07, 6.45) is 9.22. The van der Waals surface area contributed by atoms with Crippen LogP contribution in [0.3, 0.4) is 0 Å². The fourth-order valence-electron chi connectivity index (χ4n) is 7.06. The SMILES string of the molecule is N#Cc1cncn1CC(=O)C1(c2ccccc2)CC1.N#Cc1cncn1CC(O)(Cc1ccc(F)cc1F)C1(c2ccccc2)CC1.[Br-].[CH2-]c1ccc(F)cc1F.[Mg+2]. The Morgan fingerprint density at radius 2 is 1.28 bits per heavy atom. The second-order valence-corrected chi connectivity index (χ2v) is 14.0. The summed E-state index contributed by atoms with van der Waals surface area (Å²) in [5.74, 6) is -2.35. The van der Waals surface area contributed by atoms with Crippen LogP contribution in [0.1, 0.15) is 59.3 Å². The molecule has 2 fully saturated rings. The number of nitriles is 2. The molecule has 1 atom stereocenters. The fourth-order valence-corrected chi connectivity index (χ4v) is 7.06. The molecule has 58 heavy (non-hydrogen) atoms. The number of benzene rings is 4. The van der Waals surface area contributed by atoms with Crippen LogP contribution >= 0.6 is 0 Å². The number of carbonyl (C=O) groups is 1. The normalized spacial score (nSPS) is 14.8. The van der Waals surface area contributed by atoms with Crippen molar-refractivity contribution in [3.63, 3.8) is 0 Å². The fraction of sp³-hybridized carbons (Fsp3) is 0.227. The first-order valence-corrected chi connectivity index (χ1v) is 17.8. The van der Waals surface area contributed by atoms with E-state index in [4.69, 9.17) is 5.26 Å². The van der Waals surface area contributed by atoms with Gasteiger partial charge in [0.05, 0.1) is 49.2 Å². The van der Waals surface area contributed by atoms with E-state index >= 15 is 0 Å². The van der Waals surface area contributed by atoms with Crippen molar-refractivity contribution >= 4 is 28.8 Å². The maximum Gasteiger partial charge on any atom is 2.00 e. The minimum Gasteiger partial charge on any atom is -1.00 e. The Kier molecular flexibility index (Phi) is 15.3. The molecular weight excluding hydrogens is 825 g/mol. The van der Waals surface area contributed by atoms with E-state index in [9.17, 15) is 32.7 Å². The largest absolute Gasteiger partial charge is 2.00 e. The van der Waals surface area contributed by atoms with Crippen molar-refractivity contribution in [2.75, 3.05) is 0 Å². The summed E-state index contributed by atoms with van der Waals surface area (Å²) in [4.78, 5) is 20.4. The molecule has 2 saturated carbocycles. The zero-order chi connectivity index (χ0) is 39.9. The summed E-state index contributed by atoms with van der Waals surface area (Å²) in [5.41, 5.74) is 0.987. The van der Waals surface area contributed by atoms with Gasteiger partial charge in [-0.3, -0.25) is 9.18 Å². The standard InChI is InChI=1S/C22H19F2N3O.C15H13N3O.C7H5F2.BrH.Mg/c23-18-7-6-16(20(24)10-18)11-22(28,14-27-15-26-13-19(27)12-25)21(8-9-21)17-4-2-1-3-5-17;16-8-13-9-17-11-18(13)10-14(19)15(6-7-15)12-4-2-1-3-5-12;1-5-2-3-6(8)4-7(5)9;;/h1-7,10,13,15,28H,8-9,11,14H2;1-5,9,11H,6-7,10H2;2-4H,1H2;1H;/q;;-1;;+2/p-1. The van der Waals surface area contributed by atoms with Gasteiger partial charge in [-0.1, -0.05) is 72.8 Å². The average molecular weight is 862 g/mol. The van der Waals surface area contributed by atoms with Crippen LogP contribution in [0.2, 0.25) is 0 Å². The number of ketones is 1. The smallest absolute Gasteiger partial charge is 1.00 e. The molecule has 0 aliphatic heterocycles. The first-order valence-electron chi connectivity index (χ1n) is 17.8. The third-order valence-electron chi connectivity index (χ3n) is 10.5. The zero-order valence-corrected chi connectivity index (χ0v) is 34.3. The summed E-state index contributed by atoms with van der Waals surface area (Å²) in [7, 11) is 0. The van der Waals surface area contributed by atoms with Crippen LogP contribution < -0.4 is 17.0 Å². The van der Waals surface area contributed by atoms with Crippen molar-refractivity contribution in [1.82, 2.24) is 19.1 Å². The van der Waals surface area contributed by atoms with Crippen molar-refractivity contribution in [2.45, 2.75) is 61.6 Å². The van der Waals surface area contributed by atoms with Gasteiger partial charge < -0.3 is 31.2 Å². The molecular formula is C44H37BrF4MgN6O2. The predicted octanol–water partition coefficient (Wildman–Crippen LogP) is 4.56. The van der Waals surface area contributed by atoms with Crippen molar-refractivity contribution in [3.05, 3.63) is 186 Å². The number of hydrogen-bond acceptors (Lipinski definition) is 6. The number of halogens is 5. The van der Waals surface area contributed by atoms with E-state index in [1.165, 1.54) is 49.3 Å². The molecule has 2 aromatic heterocycles. The second kappa shape index (κ2) is 19.5. The molecule has 0 radical (unpaired) electrons. The number of hydrogen-bond donors (Lipinski definition) is 1. The van der Waals surface area contributed by atoms with Gasteiger partial charge in [0.15, 0.2) is 5.78 Å². The van der Waals surface area contributed by atoms with Crippen LogP contribution in [0.25, 0.3) is 0 Å². The number of aliphatic hydroxyl groups is 1. The molecule has 2 heterocycles. The van der Waals surface area contributed by atoms with Crippen molar-refractivity contribution in [3.8, 4) is 12.1 Å². The van der Waals surface area contributed by atoms with Crippen LogP contribution in [-0.2, 0) is 35.1 Å². The van der Waals surface area contributed by atoms with Gasteiger partial charge in [-0.05, 0) is 54.5 Å². The van der Waals surface area contributed by atoms with Gasteiger partial charge in [0.25, 0.3) is 0 Å². The molecule has 4 aromatic carbocycles. The third-order valence-corrected chi connectivity index (χ3v) is 10.5. The molecule has 0 saturated heterocycles. The molecule has 0 amide bonds. The first-order chi connectivity index (χ1) is 26.9. The molecule has 0 bridgehead atoms. The molecule has 1 N–H and O–H groups in total. The molecule has 6 aromatic rings. The van der Waals surface area contributed by atoms with Gasteiger partial charge in [-0.15, -0.1) is 0 Å². The van der Waals surface area contributed by atoms with Crippen molar-refractivity contribution in [1.29, 1.82) is 10.5 Å². The van der Waals surface area contributed by atoms with E-state index in [2.05, 4.69) is 23.0 Å². The molecule has 14 heteroatoms. The van der Waals surface area contributed by atoms with Gasteiger partial charge in [-0.25, -0.2) is 23.1 Å². The Labute approximate surface area is 360 Å². The monoisotopic (exact) mass is 860 g/mol. The molecule has 292 valence electrons. The van der Waals surface area contributed by atoms with Crippen LogP contribution in [0.15, 0.2) is 122 Å². The van der Waals surface area contributed by atoms with Gasteiger partial charge in [0.2, 0.25) is 0 Å². The second-order valence-electron chi connectivity index (χ2n) is 14.0. The topological polar surface area (TPSA) is 121 Å². The molecule has 8 rings (SSSR count). The van der Waals surface area contributed by atoms with Gasteiger partial charge in [-0.2, -0.15) is 29.1 Å². The molecule has 2 aliphatic carbocycles. The van der Waals surface area contributed by atoms with Gasteiger partial charge >= 0.3 is 23.1 Å². The Hall–Kier alpha value is -5.25. The Bertz CT molecular complexity index is 2410. The summed E-state index contributed by atoms with van der Waals surface area (Å²) in [5, 5.41) is 30.1.